The molecule has 0 bridgehead atoms. The highest BCUT2D eigenvalue weighted by molar-refractivity contribution is 5.96. The Labute approximate surface area is 126 Å². The number of nitrogens with one attached hydrogen (secondary N) is 3. The molecular formula is C16H25N3O2. The van der Waals surface area contributed by atoms with Gasteiger partial charge in [-0.3, -0.25) is 9.59 Å². The highest BCUT2D eigenvalue weighted by Crippen LogP contribution is 2.16. The second-order valence-corrected chi connectivity index (χ2v) is 6.08. The molecule has 5 heteroatoms. The molecule has 0 spiro atoms. The minimum atomic E-state index is -0.134. The van der Waals surface area contributed by atoms with Gasteiger partial charge in [-0.2, -0.15) is 0 Å². The highest BCUT2D eigenvalue weighted by atomic mass is 16.2. The first-order chi connectivity index (χ1) is 9.73. The second kappa shape index (κ2) is 7.22. The second-order valence-electron chi connectivity index (χ2n) is 6.08. The molecule has 0 radical (unpaired) electrons. The van der Waals surface area contributed by atoms with E-state index in [2.05, 4.69) is 36.7 Å². The summed E-state index contributed by atoms with van der Waals surface area (Å²) in [6.45, 7) is 8.69. The lowest BCUT2D eigenvalue weighted by Gasteiger charge is -2.20. The average molecular weight is 291 g/mol. The van der Waals surface area contributed by atoms with Gasteiger partial charge in [-0.15, -0.1) is 0 Å². The Balaban J connectivity index is 2.59. The smallest absolute Gasteiger partial charge is 0.251 e. The zero-order chi connectivity index (χ0) is 16.0. The molecule has 0 atom stereocenters. The van der Waals surface area contributed by atoms with E-state index in [0.717, 1.165) is 11.3 Å². The third kappa shape index (κ3) is 5.95. The summed E-state index contributed by atoms with van der Waals surface area (Å²) in [5.74, 6) is -0.173. The van der Waals surface area contributed by atoms with E-state index in [9.17, 15) is 9.59 Å². The molecule has 1 rings (SSSR count). The van der Waals surface area contributed by atoms with Crippen molar-refractivity contribution < 1.29 is 9.59 Å². The fourth-order valence-corrected chi connectivity index (χ4v) is 1.85. The zero-order valence-corrected chi connectivity index (χ0v) is 13.5. The van der Waals surface area contributed by atoms with Crippen LogP contribution in [-0.4, -0.2) is 30.9 Å². The van der Waals surface area contributed by atoms with Crippen LogP contribution in [0.15, 0.2) is 18.2 Å². The predicted octanol–water partition coefficient (Wildman–Crippen LogP) is 2.07. The SMILES string of the molecule is CNC(=O)c1ccc(NC(=O)CCNC(C)(C)C)c(C)c1. The van der Waals surface area contributed by atoms with Crippen molar-refractivity contribution in [3.8, 4) is 0 Å². The van der Waals surface area contributed by atoms with Gasteiger partial charge in [-0.1, -0.05) is 0 Å². The molecule has 0 aromatic heterocycles. The van der Waals surface area contributed by atoms with Crippen molar-refractivity contribution in [2.75, 3.05) is 18.9 Å². The summed E-state index contributed by atoms with van der Waals surface area (Å²) in [5.41, 5.74) is 2.20. The molecule has 1 aromatic carbocycles. The lowest BCUT2D eigenvalue weighted by Crippen LogP contribution is -2.37. The van der Waals surface area contributed by atoms with Crippen molar-refractivity contribution in [1.29, 1.82) is 0 Å². The van der Waals surface area contributed by atoms with Crippen molar-refractivity contribution in [3.63, 3.8) is 0 Å². The number of amides is 2. The van der Waals surface area contributed by atoms with Gasteiger partial charge in [-0.05, 0) is 51.5 Å². The summed E-state index contributed by atoms with van der Waals surface area (Å²) < 4.78 is 0. The van der Waals surface area contributed by atoms with E-state index >= 15 is 0 Å². The van der Waals surface area contributed by atoms with Crippen LogP contribution in [0.3, 0.4) is 0 Å². The Morgan fingerprint density at radius 1 is 1.19 bits per heavy atom. The number of carbonyl (C=O) groups is 2. The first-order valence-corrected chi connectivity index (χ1v) is 7.10. The van der Waals surface area contributed by atoms with E-state index in [-0.39, 0.29) is 17.4 Å². The summed E-state index contributed by atoms with van der Waals surface area (Å²) in [6, 6.07) is 5.23. The fraction of sp³-hybridized carbons (Fsp3) is 0.500. The van der Waals surface area contributed by atoms with Gasteiger partial charge in [0.1, 0.15) is 0 Å². The van der Waals surface area contributed by atoms with E-state index in [4.69, 9.17) is 0 Å². The first kappa shape index (κ1) is 17.2. The molecule has 0 aliphatic heterocycles. The summed E-state index contributed by atoms with van der Waals surface area (Å²) in [6.07, 6.45) is 0.411. The van der Waals surface area contributed by atoms with Gasteiger partial charge < -0.3 is 16.0 Å². The Hall–Kier alpha value is -1.88. The van der Waals surface area contributed by atoms with Gasteiger partial charge in [0.05, 0.1) is 0 Å². The molecule has 0 saturated carbocycles. The van der Waals surface area contributed by atoms with Crippen LogP contribution in [0.1, 0.15) is 43.1 Å². The highest BCUT2D eigenvalue weighted by Gasteiger charge is 2.11. The van der Waals surface area contributed by atoms with Crippen LogP contribution in [0.5, 0.6) is 0 Å². The molecule has 21 heavy (non-hydrogen) atoms. The van der Waals surface area contributed by atoms with Crippen LogP contribution < -0.4 is 16.0 Å². The van der Waals surface area contributed by atoms with E-state index in [1.54, 1.807) is 25.2 Å². The Bertz CT molecular complexity index is 519. The third-order valence-electron chi connectivity index (χ3n) is 3.00. The van der Waals surface area contributed by atoms with Gasteiger partial charge in [-0.25, -0.2) is 0 Å². The molecule has 3 N–H and O–H groups in total. The Kier molecular flexibility index (Phi) is 5.90. The summed E-state index contributed by atoms with van der Waals surface area (Å²) in [5, 5.41) is 8.72. The maximum absolute atomic E-state index is 11.9. The van der Waals surface area contributed by atoms with Gasteiger partial charge in [0.25, 0.3) is 5.91 Å². The maximum atomic E-state index is 11.9. The van der Waals surface area contributed by atoms with Gasteiger partial charge in [0.15, 0.2) is 0 Å². The summed E-state index contributed by atoms with van der Waals surface area (Å²) in [4.78, 5) is 23.4. The predicted molar refractivity (Wildman–Crippen MR) is 85.6 cm³/mol. The number of hydrogen-bond donors (Lipinski definition) is 3. The number of rotatable bonds is 5. The molecule has 5 nitrogen and oxygen atoms in total. The normalized spacial score (nSPS) is 11.1. The van der Waals surface area contributed by atoms with Gasteiger partial charge in [0.2, 0.25) is 5.91 Å². The van der Waals surface area contributed by atoms with Crippen molar-refractivity contribution in [2.24, 2.45) is 0 Å². The number of carbonyl (C=O) groups excluding carboxylic acids is 2. The fourth-order valence-electron chi connectivity index (χ4n) is 1.85. The van der Waals surface area contributed by atoms with Gasteiger partial charge in [0, 0.05) is 36.8 Å². The van der Waals surface area contributed by atoms with Crippen LogP contribution in [0, 0.1) is 6.92 Å². The van der Waals surface area contributed by atoms with E-state index in [1.807, 2.05) is 6.92 Å². The van der Waals surface area contributed by atoms with E-state index in [1.165, 1.54) is 0 Å². The quantitative estimate of drug-likeness (QED) is 0.778. The largest absolute Gasteiger partial charge is 0.355 e. The monoisotopic (exact) mass is 291 g/mol. The van der Waals surface area contributed by atoms with Crippen molar-refractivity contribution in [3.05, 3.63) is 29.3 Å². The number of benzene rings is 1. The lowest BCUT2D eigenvalue weighted by atomic mass is 10.1. The molecule has 116 valence electrons. The van der Waals surface area contributed by atoms with Gasteiger partial charge >= 0.3 is 0 Å². The number of aryl methyl sites for hydroxylation is 1. The minimum Gasteiger partial charge on any atom is -0.355 e. The van der Waals surface area contributed by atoms with Crippen molar-refractivity contribution in [1.82, 2.24) is 10.6 Å². The van der Waals surface area contributed by atoms with Crippen LogP contribution >= 0.6 is 0 Å². The zero-order valence-electron chi connectivity index (χ0n) is 13.5. The molecule has 0 saturated heterocycles. The Morgan fingerprint density at radius 3 is 2.38 bits per heavy atom. The van der Waals surface area contributed by atoms with Crippen LogP contribution in [-0.2, 0) is 4.79 Å². The standard InChI is InChI=1S/C16H25N3O2/c1-11-10-12(15(21)17-5)6-7-13(11)19-14(20)8-9-18-16(2,3)4/h6-7,10,18H,8-9H2,1-5H3,(H,17,21)(H,19,20). The molecule has 0 aliphatic rings. The average Bonchev–Trinajstić information content (AvgIpc) is 2.38. The molecule has 0 unspecified atom stereocenters. The number of anilines is 1. The van der Waals surface area contributed by atoms with E-state index < -0.39 is 0 Å². The maximum Gasteiger partial charge on any atom is 0.251 e. The van der Waals surface area contributed by atoms with Crippen LogP contribution in [0.2, 0.25) is 0 Å². The molecule has 0 fully saturated rings. The first-order valence-electron chi connectivity index (χ1n) is 7.10. The van der Waals surface area contributed by atoms with Crippen molar-refractivity contribution >= 4 is 17.5 Å². The van der Waals surface area contributed by atoms with Crippen LogP contribution in [0.4, 0.5) is 5.69 Å². The molecular weight excluding hydrogens is 266 g/mol. The summed E-state index contributed by atoms with van der Waals surface area (Å²) >= 11 is 0. The molecule has 0 heterocycles. The lowest BCUT2D eigenvalue weighted by molar-refractivity contribution is -0.116. The Morgan fingerprint density at radius 2 is 1.86 bits per heavy atom. The number of hydrogen-bond acceptors (Lipinski definition) is 3. The molecule has 1 aromatic rings. The van der Waals surface area contributed by atoms with E-state index in [0.29, 0.717) is 18.5 Å². The third-order valence-corrected chi connectivity index (χ3v) is 3.00. The topological polar surface area (TPSA) is 70.2 Å². The summed E-state index contributed by atoms with van der Waals surface area (Å²) in [7, 11) is 1.59. The minimum absolute atomic E-state index is 0.00532. The molecule has 2 amide bonds. The van der Waals surface area contributed by atoms with Crippen LogP contribution in [0.25, 0.3) is 0 Å². The molecule has 0 aliphatic carbocycles. The van der Waals surface area contributed by atoms with Crippen molar-refractivity contribution in [2.45, 2.75) is 39.7 Å².